The highest BCUT2D eigenvalue weighted by Crippen LogP contribution is 2.20. The summed E-state index contributed by atoms with van der Waals surface area (Å²) < 4.78 is 1.61. The van der Waals surface area contributed by atoms with E-state index in [4.69, 9.17) is 11.6 Å². The molecule has 0 N–H and O–H groups in total. The van der Waals surface area contributed by atoms with Crippen molar-refractivity contribution in [3.05, 3.63) is 58.4 Å². The fraction of sp³-hybridized carbons (Fsp3) is 0.333. The maximum atomic E-state index is 12.5. The third kappa shape index (κ3) is 4.45. The van der Waals surface area contributed by atoms with Crippen molar-refractivity contribution in [1.29, 1.82) is 0 Å². The monoisotopic (exact) mass is 331 g/mol. The molecule has 0 atom stereocenters. The van der Waals surface area contributed by atoms with Crippen molar-refractivity contribution in [1.82, 2.24) is 14.7 Å². The second kappa shape index (κ2) is 7.97. The van der Waals surface area contributed by atoms with Crippen LogP contribution in [0.5, 0.6) is 0 Å². The number of hydrogen-bond donors (Lipinski definition) is 0. The van der Waals surface area contributed by atoms with E-state index in [-0.39, 0.29) is 5.91 Å². The fourth-order valence-electron chi connectivity index (χ4n) is 2.44. The molecule has 122 valence electrons. The van der Waals surface area contributed by atoms with Crippen molar-refractivity contribution in [2.24, 2.45) is 7.05 Å². The number of carbonyl (C=O) groups is 1. The van der Waals surface area contributed by atoms with Crippen LogP contribution in [-0.2, 0) is 18.4 Å². The van der Waals surface area contributed by atoms with E-state index in [1.165, 1.54) is 0 Å². The van der Waals surface area contributed by atoms with Gasteiger partial charge in [-0.15, -0.1) is 0 Å². The van der Waals surface area contributed by atoms with Gasteiger partial charge in [0.05, 0.1) is 5.69 Å². The van der Waals surface area contributed by atoms with E-state index >= 15 is 0 Å². The highest BCUT2D eigenvalue weighted by atomic mass is 35.5. The van der Waals surface area contributed by atoms with Crippen molar-refractivity contribution in [3.63, 3.8) is 0 Å². The first-order valence-electron chi connectivity index (χ1n) is 7.73. The van der Waals surface area contributed by atoms with Crippen LogP contribution in [0.1, 0.15) is 30.2 Å². The Hall–Kier alpha value is -2.07. The lowest BCUT2D eigenvalue weighted by molar-refractivity contribution is -0.126. The maximum absolute atomic E-state index is 12.5. The van der Waals surface area contributed by atoms with E-state index in [0.717, 1.165) is 29.8 Å². The lowest BCUT2D eigenvalue weighted by Gasteiger charge is -2.20. The Morgan fingerprint density at radius 1 is 1.35 bits per heavy atom. The average molecular weight is 332 g/mol. The van der Waals surface area contributed by atoms with Gasteiger partial charge in [0, 0.05) is 31.8 Å². The van der Waals surface area contributed by atoms with Crippen LogP contribution in [-0.4, -0.2) is 27.1 Å². The average Bonchev–Trinajstić information content (AvgIpc) is 2.78. The summed E-state index contributed by atoms with van der Waals surface area (Å²) in [6.07, 6.45) is 4.24. The predicted molar refractivity (Wildman–Crippen MR) is 94.1 cm³/mol. The summed E-state index contributed by atoms with van der Waals surface area (Å²) in [7, 11) is 1.79. The third-order valence-electron chi connectivity index (χ3n) is 3.61. The van der Waals surface area contributed by atoms with Crippen LogP contribution in [0.4, 0.5) is 0 Å². The number of halogens is 1. The number of amides is 1. The number of hydrogen-bond acceptors (Lipinski definition) is 2. The zero-order valence-corrected chi connectivity index (χ0v) is 14.5. The Labute approximate surface area is 142 Å². The molecule has 0 saturated carbocycles. The molecule has 0 unspecified atom stereocenters. The Morgan fingerprint density at radius 3 is 2.61 bits per heavy atom. The van der Waals surface area contributed by atoms with Crippen LogP contribution >= 0.6 is 11.6 Å². The minimum atomic E-state index is -0.0185. The van der Waals surface area contributed by atoms with Crippen LogP contribution in [0.25, 0.3) is 6.08 Å². The molecule has 1 aromatic heterocycles. The Bertz CT molecular complexity index is 692. The first-order valence-corrected chi connectivity index (χ1v) is 8.10. The van der Waals surface area contributed by atoms with E-state index in [9.17, 15) is 4.79 Å². The van der Waals surface area contributed by atoms with Gasteiger partial charge in [-0.2, -0.15) is 5.10 Å². The molecular formula is C18H22ClN3O. The molecule has 1 amide bonds. The van der Waals surface area contributed by atoms with E-state index in [0.29, 0.717) is 11.7 Å². The molecule has 2 rings (SSSR count). The van der Waals surface area contributed by atoms with Crippen LogP contribution in [0.3, 0.4) is 0 Å². The summed E-state index contributed by atoms with van der Waals surface area (Å²) in [5, 5.41) is 4.78. The zero-order valence-electron chi connectivity index (χ0n) is 13.8. The van der Waals surface area contributed by atoms with E-state index < -0.39 is 0 Å². The van der Waals surface area contributed by atoms with Crippen LogP contribution in [0.15, 0.2) is 36.4 Å². The number of nitrogens with zero attached hydrogens (tertiary/aromatic N) is 3. The van der Waals surface area contributed by atoms with Gasteiger partial charge in [0.15, 0.2) is 0 Å². The quantitative estimate of drug-likeness (QED) is 0.754. The highest BCUT2D eigenvalue weighted by molar-refractivity contribution is 6.31. The number of aromatic nitrogens is 2. The van der Waals surface area contributed by atoms with E-state index in [2.05, 4.69) is 12.0 Å². The SMILES string of the molecule is CCCN(Cc1ccccc1)C(=O)/C=C/c1c(C)nn(C)c1Cl. The fourth-order valence-corrected chi connectivity index (χ4v) is 2.67. The maximum Gasteiger partial charge on any atom is 0.246 e. The van der Waals surface area contributed by atoms with Crippen molar-refractivity contribution in [3.8, 4) is 0 Å². The number of rotatable bonds is 6. The third-order valence-corrected chi connectivity index (χ3v) is 4.06. The molecule has 1 heterocycles. The normalized spacial score (nSPS) is 11.1. The number of carbonyl (C=O) groups excluding carboxylic acids is 1. The topological polar surface area (TPSA) is 38.1 Å². The lowest BCUT2D eigenvalue weighted by Crippen LogP contribution is -2.29. The number of benzene rings is 1. The molecule has 0 bridgehead atoms. The van der Waals surface area contributed by atoms with Gasteiger partial charge < -0.3 is 4.90 Å². The standard InChI is InChI=1S/C18H22ClN3O/c1-4-12-22(13-15-8-6-5-7-9-15)17(23)11-10-16-14(2)20-21(3)18(16)19/h5-11H,4,12-13H2,1-3H3/b11-10+. The van der Waals surface area contributed by atoms with Gasteiger partial charge in [-0.1, -0.05) is 48.9 Å². The predicted octanol–water partition coefficient (Wildman–Crippen LogP) is 3.83. The Kier molecular flexibility index (Phi) is 5.99. The van der Waals surface area contributed by atoms with Gasteiger partial charge >= 0.3 is 0 Å². The summed E-state index contributed by atoms with van der Waals surface area (Å²) in [6, 6.07) is 10.0. The van der Waals surface area contributed by atoms with Gasteiger partial charge in [0.2, 0.25) is 5.91 Å². The smallest absolute Gasteiger partial charge is 0.246 e. The molecule has 0 saturated heterocycles. The molecule has 5 heteroatoms. The molecular weight excluding hydrogens is 310 g/mol. The van der Waals surface area contributed by atoms with Crippen LogP contribution in [0, 0.1) is 6.92 Å². The Morgan fingerprint density at radius 2 is 2.04 bits per heavy atom. The van der Waals surface area contributed by atoms with Crippen molar-refractivity contribution in [2.45, 2.75) is 26.8 Å². The van der Waals surface area contributed by atoms with E-state index in [1.807, 2.05) is 42.2 Å². The minimum Gasteiger partial charge on any atom is -0.335 e. The van der Waals surface area contributed by atoms with Crippen molar-refractivity contribution < 1.29 is 4.79 Å². The Balaban J connectivity index is 2.13. The molecule has 0 aliphatic carbocycles. The molecule has 0 fully saturated rings. The second-order valence-corrected chi connectivity index (χ2v) is 5.85. The summed E-state index contributed by atoms with van der Waals surface area (Å²) in [5.41, 5.74) is 2.73. The lowest BCUT2D eigenvalue weighted by atomic mass is 10.2. The minimum absolute atomic E-state index is 0.0185. The van der Waals surface area contributed by atoms with Gasteiger partial charge in [0.25, 0.3) is 0 Å². The molecule has 0 spiro atoms. The van der Waals surface area contributed by atoms with Crippen LogP contribution < -0.4 is 0 Å². The van der Waals surface area contributed by atoms with Crippen molar-refractivity contribution >= 4 is 23.6 Å². The van der Waals surface area contributed by atoms with Gasteiger partial charge in [0.1, 0.15) is 5.15 Å². The van der Waals surface area contributed by atoms with Gasteiger partial charge in [-0.3, -0.25) is 9.48 Å². The van der Waals surface area contributed by atoms with Gasteiger partial charge in [-0.25, -0.2) is 0 Å². The summed E-state index contributed by atoms with van der Waals surface area (Å²) in [5.74, 6) is -0.0185. The molecule has 0 radical (unpaired) electrons. The summed E-state index contributed by atoms with van der Waals surface area (Å²) in [6.45, 7) is 5.27. The van der Waals surface area contributed by atoms with E-state index in [1.54, 1.807) is 23.9 Å². The second-order valence-electron chi connectivity index (χ2n) is 5.49. The molecule has 0 aliphatic heterocycles. The summed E-state index contributed by atoms with van der Waals surface area (Å²) >= 11 is 6.19. The molecule has 1 aromatic carbocycles. The van der Waals surface area contributed by atoms with Gasteiger partial charge in [-0.05, 0) is 25.0 Å². The number of aryl methyl sites for hydroxylation is 2. The van der Waals surface area contributed by atoms with Crippen molar-refractivity contribution in [2.75, 3.05) is 6.54 Å². The molecule has 2 aromatic rings. The highest BCUT2D eigenvalue weighted by Gasteiger charge is 2.12. The summed E-state index contributed by atoms with van der Waals surface area (Å²) in [4.78, 5) is 14.3. The first kappa shape index (κ1) is 17.3. The largest absolute Gasteiger partial charge is 0.335 e. The molecule has 0 aliphatic rings. The zero-order chi connectivity index (χ0) is 16.8. The van der Waals surface area contributed by atoms with Crippen LogP contribution in [0.2, 0.25) is 5.15 Å². The molecule has 4 nitrogen and oxygen atoms in total. The first-order chi connectivity index (χ1) is 11.0. The molecule has 23 heavy (non-hydrogen) atoms.